The second-order valence-electron chi connectivity index (χ2n) is 4.78. The summed E-state index contributed by atoms with van der Waals surface area (Å²) in [4.78, 5) is 4.36. The summed E-state index contributed by atoms with van der Waals surface area (Å²) in [6, 6.07) is 6.11. The van der Waals surface area contributed by atoms with Crippen molar-refractivity contribution < 1.29 is 8.78 Å². The van der Waals surface area contributed by atoms with E-state index < -0.39 is 11.6 Å². The third kappa shape index (κ3) is 2.25. The van der Waals surface area contributed by atoms with E-state index in [9.17, 15) is 8.78 Å². The summed E-state index contributed by atoms with van der Waals surface area (Å²) in [5.74, 6) is -1.34. The van der Waals surface area contributed by atoms with Gasteiger partial charge in [0.05, 0.1) is 5.69 Å². The molecule has 0 atom stereocenters. The summed E-state index contributed by atoms with van der Waals surface area (Å²) < 4.78 is 28.6. The van der Waals surface area contributed by atoms with Crippen molar-refractivity contribution in [2.75, 3.05) is 0 Å². The van der Waals surface area contributed by atoms with Crippen LogP contribution in [0.15, 0.2) is 24.3 Å². The van der Waals surface area contributed by atoms with Crippen LogP contribution >= 0.6 is 11.3 Å². The number of halogens is 2. The normalized spacial score (nSPS) is 11.3. The fourth-order valence-corrected chi connectivity index (χ4v) is 2.89. The Kier molecular flexibility index (Phi) is 3.08. The number of hydrogen-bond donors (Lipinski definition) is 1. The van der Waals surface area contributed by atoms with E-state index >= 15 is 0 Å². The number of aromatic amines is 1. The van der Waals surface area contributed by atoms with Gasteiger partial charge in [-0.3, -0.25) is 0 Å². The van der Waals surface area contributed by atoms with Crippen LogP contribution in [0.1, 0.15) is 5.01 Å². The number of aryl methyl sites for hydroxylation is 1. The molecule has 4 rings (SSSR count). The Hall–Kier alpha value is -2.81. The molecule has 114 valence electrons. The quantitative estimate of drug-likeness (QED) is 0.611. The Morgan fingerprint density at radius 3 is 2.61 bits per heavy atom. The van der Waals surface area contributed by atoms with Gasteiger partial charge in [-0.25, -0.2) is 13.8 Å². The van der Waals surface area contributed by atoms with Crippen molar-refractivity contribution in [3.8, 4) is 22.0 Å². The average molecular weight is 330 g/mol. The van der Waals surface area contributed by atoms with E-state index in [1.54, 1.807) is 18.2 Å². The minimum Gasteiger partial charge on any atom is -0.245 e. The molecule has 0 aliphatic heterocycles. The molecule has 3 aromatic heterocycles. The monoisotopic (exact) mass is 330 g/mol. The summed E-state index contributed by atoms with van der Waals surface area (Å²) in [5.41, 5.74) is 0.568. The molecule has 0 aliphatic carbocycles. The Morgan fingerprint density at radius 2 is 1.83 bits per heavy atom. The van der Waals surface area contributed by atoms with E-state index in [1.165, 1.54) is 11.3 Å². The van der Waals surface area contributed by atoms with Gasteiger partial charge in [0.25, 0.3) is 0 Å². The summed E-state index contributed by atoms with van der Waals surface area (Å²) in [5, 5.41) is 18.8. The lowest BCUT2D eigenvalue weighted by atomic mass is 10.1. The van der Waals surface area contributed by atoms with E-state index in [4.69, 9.17) is 0 Å². The van der Waals surface area contributed by atoms with Gasteiger partial charge >= 0.3 is 0 Å². The molecule has 6 nitrogen and oxygen atoms in total. The smallest absolute Gasteiger partial charge is 0.166 e. The molecule has 0 radical (unpaired) electrons. The fourth-order valence-electron chi connectivity index (χ4n) is 2.23. The summed E-state index contributed by atoms with van der Waals surface area (Å²) in [7, 11) is 0. The first-order chi connectivity index (χ1) is 11.1. The van der Waals surface area contributed by atoms with Crippen molar-refractivity contribution in [2.24, 2.45) is 0 Å². The Balaban J connectivity index is 1.90. The average Bonchev–Trinajstić information content (AvgIpc) is 3.20. The SMILES string of the molecule is Cc1nnc(-c2cccc(-c3cc(F)c4n[nH]nc4c3F)n2)s1. The molecule has 0 saturated heterocycles. The van der Waals surface area contributed by atoms with Crippen LogP contribution in [0.3, 0.4) is 0 Å². The molecular formula is C14H8F2N6S. The number of fused-ring (bicyclic) bond motifs is 1. The highest BCUT2D eigenvalue weighted by molar-refractivity contribution is 7.14. The lowest BCUT2D eigenvalue weighted by Crippen LogP contribution is -1.94. The molecule has 0 amide bonds. The summed E-state index contributed by atoms with van der Waals surface area (Å²) in [6.45, 7) is 1.83. The topological polar surface area (TPSA) is 80.2 Å². The van der Waals surface area contributed by atoms with Gasteiger partial charge in [-0.2, -0.15) is 15.4 Å². The summed E-state index contributed by atoms with van der Waals surface area (Å²) >= 11 is 1.38. The maximum Gasteiger partial charge on any atom is 0.166 e. The lowest BCUT2D eigenvalue weighted by molar-refractivity contribution is 0.617. The predicted octanol–water partition coefficient (Wildman–Crippen LogP) is 3.13. The van der Waals surface area contributed by atoms with Gasteiger partial charge in [-0.1, -0.05) is 17.4 Å². The fraction of sp³-hybridized carbons (Fsp3) is 0.0714. The van der Waals surface area contributed by atoms with Gasteiger partial charge in [-0.05, 0) is 25.1 Å². The van der Waals surface area contributed by atoms with E-state index in [-0.39, 0.29) is 22.3 Å². The van der Waals surface area contributed by atoms with Crippen molar-refractivity contribution in [3.63, 3.8) is 0 Å². The zero-order valence-electron chi connectivity index (χ0n) is 11.7. The lowest BCUT2D eigenvalue weighted by Gasteiger charge is -2.05. The molecule has 0 aliphatic rings. The van der Waals surface area contributed by atoms with Crippen LogP contribution in [0.4, 0.5) is 8.78 Å². The van der Waals surface area contributed by atoms with E-state index in [2.05, 4.69) is 30.6 Å². The Morgan fingerprint density at radius 1 is 1.04 bits per heavy atom. The number of pyridine rings is 1. The Labute approximate surface area is 132 Å². The van der Waals surface area contributed by atoms with Gasteiger partial charge in [0.2, 0.25) is 0 Å². The van der Waals surface area contributed by atoms with Crippen molar-refractivity contribution in [2.45, 2.75) is 6.92 Å². The van der Waals surface area contributed by atoms with Crippen LogP contribution in [-0.2, 0) is 0 Å². The van der Waals surface area contributed by atoms with Gasteiger partial charge < -0.3 is 0 Å². The minimum atomic E-state index is -0.673. The second-order valence-corrected chi connectivity index (χ2v) is 5.96. The standard InChI is InChI=1S/C14H8F2N6S/c1-6-18-21-14(23-6)10-4-2-3-9(17-10)7-5-8(15)12-13(11(7)16)20-22-19-12/h2-5H,1H3,(H,19,20,22). The number of aromatic nitrogens is 6. The molecule has 1 N–H and O–H groups in total. The third-order valence-corrected chi connectivity index (χ3v) is 4.12. The van der Waals surface area contributed by atoms with Gasteiger partial charge in [0.1, 0.15) is 10.7 Å². The van der Waals surface area contributed by atoms with Crippen molar-refractivity contribution in [1.29, 1.82) is 0 Å². The molecule has 4 aromatic rings. The maximum absolute atomic E-state index is 14.6. The van der Waals surface area contributed by atoms with Crippen LogP contribution in [0.25, 0.3) is 33.0 Å². The molecule has 0 fully saturated rings. The zero-order valence-corrected chi connectivity index (χ0v) is 12.5. The maximum atomic E-state index is 14.6. The van der Waals surface area contributed by atoms with E-state index in [1.807, 2.05) is 6.92 Å². The highest BCUT2D eigenvalue weighted by atomic mass is 32.1. The summed E-state index contributed by atoms with van der Waals surface area (Å²) in [6.07, 6.45) is 0. The van der Waals surface area contributed by atoms with Crippen LogP contribution in [0, 0.1) is 18.6 Å². The Bertz CT molecular complexity index is 1030. The second kappa shape index (κ2) is 5.13. The van der Waals surface area contributed by atoms with Crippen molar-refractivity contribution in [3.05, 3.63) is 40.9 Å². The largest absolute Gasteiger partial charge is 0.245 e. The van der Waals surface area contributed by atoms with E-state index in [0.717, 1.165) is 11.1 Å². The predicted molar refractivity (Wildman–Crippen MR) is 80.7 cm³/mol. The molecular weight excluding hydrogens is 322 g/mol. The molecule has 0 bridgehead atoms. The number of benzene rings is 1. The van der Waals surface area contributed by atoms with Crippen molar-refractivity contribution >= 4 is 22.4 Å². The first-order valence-corrected chi connectivity index (χ1v) is 7.41. The molecule has 23 heavy (non-hydrogen) atoms. The number of H-pyrrole nitrogens is 1. The van der Waals surface area contributed by atoms with Crippen LogP contribution in [-0.4, -0.2) is 30.6 Å². The number of rotatable bonds is 2. The van der Waals surface area contributed by atoms with Gasteiger partial charge in [0.15, 0.2) is 27.7 Å². The highest BCUT2D eigenvalue weighted by Crippen LogP contribution is 2.30. The molecule has 0 saturated carbocycles. The van der Waals surface area contributed by atoms with Gasteiger partial charge in [0, 0.05) is 5.56 Å². The van der Waals surface area contributed by atoms with Crippen LogP contribution < -0.4 is 0 Å². The van der Waals surface area contributed by atoms with E-state index in [0.29, 0.717) is 10.7 Å². The molecule has 3 heterocycles. The van der Waals surface area contributed by atoms with Crippen LogP contribution in [0.5, 0.6) is 0 Å². The van der Waals surface area contributed by atoms with Gasteiger partial charge in [-0.15, -0.1) is 10.2 Å². The molecule has 1 aromatic carbocycles. The molecule has 0 unspecified atom stereocenters. The molecule has 9 heteroatoms. The zero-order chi connectivity index (χ0) is 16.0. The number of nitrogens with one attached hydrogen (secondary N) is 1. The number of hydrogen-bond acceptors (Lipinski definition) is 6. The first kappa shape index (κ1) is 13.8. The van der Waals surface area contributed by atoms with Crippen molar-refractivity contribution in [1.82, 2.24) is 30.6 Å². The van der Waals surface area contributed by atoms with Crippen LogP contribution in [0.2, 0.25) is 0 Å². The number of nitrogens with zero attached hydrogens (tertiary/aromatic N) is 5. The minimum absolute atomic E-state index is 0.0204. The molecule has 0 spiro atoms. The highest BCUT2D eigenvalue weighted by Gasteiger charge is 2.18. The first-order valence-electron chi connectivity index (χ1n) is 6.60. The third-order valence-electron chi connectivity index (χ3n) is 3.26.